The fourth-order valence-corrected chi connectivity index (χ4v) is 2.18. The second-order valence-electron chi connectivity index (χ2n) is 5.76. The fourth-order valence-electron chi connectivity index (χ4n) is 2.18. The number of nitrogens with one attached hydrogen (secondary N) is 1. The highest BCUT2D eigenvalue weighted by molar-refractivity contribution is 5.94. The van der Waals surface area contributed by atoms with E-state index in [1.54, 1.807) is 24.3 Å². The number of hydrogen-bond donors (Lipinski definition) is 2. The molecule has 0 bridgehead atoms. The van der Waals surface area contributed by atoms with E-state index in [9.17, 15) is 4.79 Å². The summed E-state index contributed by atoms with van der Waals surface area (Å²) in [5.41, 5.74) is 8.95. The summed E-state index contributed by atoms with van der Waals surface area (Å²) in [6.07, 6.45) is 1.07. The Morgan fingerprint density at radius 3 is 2.67 bits per heavy atom. The first kappa shape index (κ1) is 19.8. The largest absolute Gasteiger partial charge is 0.490 e. The van der Waals surface area contributed by atoms with Crippen LogP contribution in [0.15, 0.2) is 42.5 Å². The quantitative estimate of drug-likeness (QED) is 0.772. The van der Waals surface area contributed by atoms with Crippen LogP contribution in [0.4, 0.5) is 5.69 Å². The van der Waals surface area contributed by atoms with Gasteiger partial charge in [0.2, 0.25) is 0 Å². The summed E-state index contributed by atoms with van der Waals surface area (Å²) in [4.78, 5) is 12.2. The molecule has 0 spiro atoms. The van der Waals surface area contributed by atoms with Crippen LogP contribution in [-0.2, 0) is 6.54 Å². The number of amides is 1. The van der Waals surface area contributed by atoms with E-state index in [0.717, 1.165) is 23.3 Å². The van der Waals surface area contributed by atoms with Gasteiger partial charge in [-0.3, -0.25) is 4.79 Å². The van der Waals surface area contributed by atoms with Gasteiger partial charge in [-0.05, 0) is 50.1 Å². The van der Waals surface area contributed by atoms with Crippen LogP contribution in [-0.4, -0.2) is 12.0 Å². The third-order valence-corrected chi connectivity index (χ3v) is 3.71. The number of halogens is 1. The van der Waals surface area contributed by atoms with Gasteiger partial charge in [-0.1, -0.05) is 25.1 Å². The molecule has 2 aromatic rings. The molecule has 2 rings (SSSR count). The highest BCUT2D eigenvalue weighted by Gasteiger charge is 2.10. The molecule has 1 amide bonds. The van der Waals surface area contributed by atoms with Crippen LogP contribution < -0.4 is 15.8 Å². The predicted octanol–water partition coefficient (Wildman–Crippen LogP) is 4.11. The number of nitrogens with two attached hydrogens (primary N) is 1. The molecule has 0 aliphatic carbocycles. The summed E-state index contributed by atoms with van der Waals surface area (Å²) in [5.74, 6) is 0.680. The van der Waals surface area contributed by atoms with Crippen molar-refractivity contribution < 1.29 is 9.53 Å². The Morgan fingerprint density at radius 2 is 2.00 bits per heavy atom. The van der Waals surface area contributed by atoms with Crippen LogP contribution in [0.3, 0.4) is 0 Å². The maximum absolute atomic E-state index is 12.2. The van der Waals surface area contributed by atoms with Gasteiger partial charge in [-0.15, -0.1) is 12.4 Å². The smallest absolute Gasteiger partial charge is 0.251 e. The Kier molecular flexibility index (Phi) is 7.59. The molecule has 0 radical (unpaired) electrons. The first-order valence-electron chi connectivity index (χ1n) is 7.89. The second kappa shape index (κ2) is 9.18. The Hall–Kier alpha value is -2.20. The number of hydrogen-bond acceptors (Lipinski definition) is 3. The molecule has 1 atom stereocenters. The van der Waals surface area contributed by atoms with Crippen molar-refractivity contribution in [1.29, 1.82) is 0 Å². The molecule has 3 N–H and O–H groups in total. The van der Waals surface area contributed by atoms with Crippen LogP contribution in [0.2, 0.25) is 0 Å². The van der Waals surface area contributed by atoms with Crippen LogP contribution in [0.5, 0.6) is 5.75 Å². The number of anilines is 1. The zero-order valence-corrected chi connectivity index (χ0v) is 15.2. The normalized spacial score (nSPS) is 11.3. The van der Waals surface area contributed by atoms with Crippen LogP contribution in [0.25, 0.3) is 0 Å². The predicted molar refractivity (Wildman–Crippen MR) is 101 cm³/mol. The Balaban J connectivity index is 0.00000288. The molecule has 0 aliphatic heterocycles. The molecule has 4 nitrogen and oxygen atoms in total. The molecule has 130 valence electrons. The maximum atomic E-state index is 12.2. The molecule has 0 heterocycles. The number of nitrogen functional groups attached to an aromatic ring is 1. The minimum absolute atomic E-state index is 0. The van der Waals surface area contributed by atoms with Crippen LogP contribution >= 0.6 is 12.4 Å². The van der Waals surface area contributed by atoms with Gasteiger partial charge in [-0.25, -0.2) is 0 Å². The lowest BCUT2D eigenvalue weighted by molar-refractivity contribution is 0.0950. The van der Waals surface area contributed by atoms with Gasteiger partial charge in [0.15, 0.2) is 0 Å². The number of ether oxygens (including phenoxy) is 1. The minimum atomic E-state index is -0.146. The van der Waals surface area contributed by atoms with E-state index in [-0.39, 0.29) is 24.4 Å². The average molecular weight is 349 g/mol. The summed E-state index contributed by atoms with van der Waals surface area (Å²) < 4.78 is 5.96. The van der Waals surface area contributed by atoms with Crippen molar-refractivity contribution in [2.24, 2.45) is 0 Å². The van der Waals surface area contributed by atoms with Gasteiger partial charge in [-0.2, -0.15) is 0 Å². The number of rotatable bonds is 6. The molecular weight excluding hydrogens is 324 g/mol. The number of carbonyl (C=O) groups excluding carboxylic acids is 1. The summed E-state index contributed by atoms with van der Waals surface area (Å²) in [6.45, 7) is 6.57. The summed E-state index contributed by atoms with van der Waals surface area (Å²) >= 11 is 0. The van der Waals surface area contributed by atoms with Gasteiger partial charge in [0, 0.05) is 23.4 Å². The van der Waals surface area contributed by atoms with Gasteiger partial charge in [0.1, 0.15) is 5.75 Å². The third kappa shape index (κ3) is 5.46. The molecule has 0 aliphatic rings. The summed E-state index contributed by atoms with van der Waals surface area (Å²) in [6, 6.07) is 13.0. The van der Waals surface area contributed by atoms with Crippen LogP contribution in [0, 0.1) is 6.92 Å². The van der Waals surface area contributed by atoms with Gasteiger partial charge >= 0.3 is 0 Å². The van der Waals surface area contributed by atoms with E-state index < -0.39 is 0 Å². The second-order valence-corrected chi connectivity index (χ2v) is 5.76. The lowest BCUT2D eigenvalue weighted by atomic mass is 10.1. The van der Waals surface area contributed by atoms with Crippen molar-refractivity contribution in [3.05, 3.63) is 59.2 Å². The molecular formula is C19H25ClN2O2. The molecule has 0 fully saturated rings. The van der Waals surface area contributed by atoms with Gasteiger partial charge in [0.25, 0.3) is 5.91 Å². The number of carbonyl (C=O) groups is 1. The Bertz CT molecular complexity index is 689. The first-order chi connectivity index (χ1) is 11.0. The topological polar surface area (TPSA) is 64.3 Å². The van der Waals surface area contributed by atoms with E-state index in [0.29, 0.717) is 17.8 Å². The molecule has 24 heavy (non-hydrogen) atoms. The molecule has 5 heteroatoms. The van der Waals surface area contributed by atoms with E-state index >= 15 is 0 Å². The minimum Gasteiger partial charge on any atom is -0.490 e. The SMILES string of the molecule is CCC(C)Oc1cc(C)ccc1CNC(=O)c1cccc(N)c1.Cl. The van der Waals surface area contributed by atoms with Crippen molar-refractivity contribution in [1.82, 2.24) is 5.32 Å². The van der Waals surface area contributed by atoms with E-state index in [2.05, 4.69) is 12.2 Å². The highest BCUT2D eigenvalue weighted by atomic mass is 35.5. The van der Waals surface area contributed by atoms with Crippen molar-refractivity contribution >= 4 is 24.0 Å². The highest BCUT2D eigenvalue weighted by Crippen LogP contribution is 2.22. The zero-order valence-electron chi connectivity index (χ0n) is 14.3. The van der Waals surface area contributed by atoms with E-state index in [4.69, 9.17) is 10.5 Å². The van der Waals surface area contributed by atoms with E-state index in [1.165, 1.54) is 0 Å². The molecule has 1 unspecified atom stereocenters. The lowest BCUT2D eigenvalue weighted by Gasteiger charge is -2.17. The number of aryl methyl sites for hydroxylation is 1. The lowest BCUT2D eigenvalue weighted by Crippen LogP contribution is -2.23. The Morgan fingerprint density at radius 1 is 1.25 bits per heavy atom. The molecule has 0 aromatic heterocycles. The standard InChI is InChI=1S/C19H24N2O2.ClH/c1-4-14(3)23-18-10-13(2)8-9-16(18)12-21-19(22)15-6-5-7-17(20)11-15;/h5-11,14H,4,12,20H2,1-3H3,(H,21,22);1H. The monoisotopic (exact) mass is 348 g/mol. The molecule has 0 saturated carbocycles. The van der Waals surface area contributed by atoms with Crippen molar-refractivity contribution in [2.75, 3.05) is 5.73 Å². The third-order valence-electron chi connectivity index (χ3n) is 3.71. The summed E-state index contributed by atoms with van der Waals surface area (Å²) in [5, 5.41) is 2.92. The van der Waals surface area contributed by atoms with Gasteiger partial charge < -0.3 is 15.8 Å². The molecule has 0 saturated heterocycles. The zero-order chi connectivity index (χ0) is 16.8. The van der Waals surface area contributed by atoms with Crippen LogP contribution in [0.1, 0.15) is 41.8 Å². The van der Waals surface area contributed by atoms with Crippen molar-refractivity contribution in [3.63, 3.8) is 0 Å². The maximum Gasteiger partial charge on any atom is 0.251 e. The van der Waals surface area contributed by atoms with Crippen molar-refractivity contribution in [3.8, 4) is 5.75 Å². The molecule has 2 aromatic carbocycles. The average Bonchev–Trinajstić information content (AvgIpc) is 2.53. The van der Waals surface area contributed by atoms with E-state index in [1.807, 2.05) is 32.0 Å². The van der Waals surface area contributed by atoms with Gasteiger partial charge in [0.05, 0.1) is 6.10 Å². The summed E-state index contributed by atoms with van der Waals surface area (Å²) in [7, 11) is 0. The first-order valence-corrected chi connectivity index (χ1v) is 7.89. The number of benzene rings is 2. The fraction of sp³-hybridized carbons (Fsp3) is 0.316. The Labute approximate surface area is 149 Å². The van der Waals surface area contributed by atoms with Crippen molar-refractivity contribution in [2.45, 2.75) is 39.8 Å².